The van der Waals surface area contributed by atoms with E-state index >= 15 is 0 Å². The molecule has 10 heteroatoms. The van der Waals surface area contributed by atoms with Crippen LogP contribution in [0.15, 0.2) is 54.6 Å². The number of halogens is 4. The molecule has 2 aromatic carbocycles. The predicted octanol–water partition coefficient (Wildman–Crippen LogP) is 5.87. The van der Waals surface area contributed by atoms with Gasteiger partial charge in [-0.1, -0.05) is 58.4 Å². The van der Waals surface area contributed by atoms with Crippen molar-refractivity contribution in [1.29, 1.82) is 0 Å². The molecule has 1 aliphatic heterocycles. The number of nitrogens with zero attached hydrogens (tertiary/aromatic N) is 1. The van der Waals surface area contributed by atoms with Crippen LogP contribution in [0.1, 0.15) is 31.1 Å². The first kappa shape index (κ1) is 25.2. The van der Waals surface area contributed by atoms with E-state index < -0.39 is 39.8 Å². The zero-order chi connectivity index (χ0) is 25.6. The Morgan fingerprint density at radius 3 is 2.29 bits per heavy atom. The van der Waals surface area contributed by atoms with Crippen molar-refractivity contribution in [2.45, 2.75) is 42.2 Å². The van der Waals surface area contributed by atoms with Gasteiger partial charge in [0.2, 0.25) is 5.88 Å². The van der Waals surface area contributed by atoms with E-state index in [4.69, 9.17) is 18.9 Å². The van der Waals surface area contributed by atoms with Gasteiger partial charge in [0, 0.05) is 18.1 Å². The van der Waals surface area contributed by atoms with Gasteiger partial charge < -0.3 is 18.9 Å². The number of benzene rings is 2. The molecule has 0 spiro atoms. The van der Waals surface area contributed by atoms with E-state index in [1.54, 1.807) is 44.2 Å². The second kappa shape index (κ2) is 8.98. The lowest BCUT2D eigenvalue weighted by atomic mass is 9.90. The van der Waals surface area contributed by atoms with E-state index in [1.165, 1.54) is 31.4 Å². The normalized spacial score (nSPS) is 20.9. The summed E-state index contributed by atoms with van der Waals surface area (Å²) in [6.07, 6.45) is -6.36. The highest BCUT2D eigenvalue weighted by atomic mass is 79.9. The van der Waals surface area contributed by atoms with Crippen molar-refractivity contribution in [2.24, 2.45) is 0 Å². The van der Waals surface area contributed by atoms with E-state index in [0.29, 0.717) is 10.9 Å². The number of esters is 1. The number of rotatable bonds is 5. The van der Waals surface area contributed by atoms with Crippen molar-refractivity contribution >= 4 is 32.8 Å². The maximum absolute atomic E-state index is 14.5. The summed E-state index contributed by atoms with van der Waals surface area (Å²) >= 11 is 3.49. The molecule has 0 saturated carbocycles. The molecule has 1 aliphatic rings. The Labute approximate surface area is 208 Å². The molecule has 186 valence electrons. The van der Waals surface area contributed by atoms with Gasteiger partial charge in [-0.3, -0.25) is 0 Å². The molecular formula is C25H23BrF3NO5. The Kier molecular flexibility index (Phi) is 6.48. The summed E-state index contributed by atoms with van der Waals surface area (Å²) < 4.78 is 65.7. The summed E-state index contributed by atoms with van der Waals surface area (Å²) in [6, 6.07) is 13.7. The molecule has 1 aromatic heterocycles. The Balaban J connectivity index is 1.90. The molecule has 3 atom stereocenters. The van der Waals surface area contributed by atoms with Crippen molar-refractivity contribution < 1.29 is 36.9 Å². The zero-order valence-electron chi connectivity index (χ0n) is 19.4. The Hall–Kier alpha value is -2.85. The molecule has 3 aromatic rings. The second-order valence-electron chi connectivity index (χ2n) is 8.56. The zero-order valence-corrected chi connectivity index (χ0v) is 20.9. The lowest BCUT2D eigenvalue weighted by molar-refractivity contribution is -0.279. The Morgan fingerprint density at radius 2 is 1.69 bits per heavy atom. The van der Waals surface area contributed by atoms with Crippen molar-refractivity contribution in [3.05, 3.63) is 65.7 Å². The first-order chi connectivity index (χ1) is 16.5. The predicted molar refractivity (Wildman–Crippen MR) is 126 cm³/mol. The summed E-state index contributed by atoms with van der Waals surface area (Å²) in [5.41, 5.74) is -3.97. The van der Waals surface area contributed by atoms with Crippen LogP contribution in [0, 0.1) is 0 Å². The van der Waals surface area contributed by atoms with Gasteiger partial charge in [0.25, 0.3) is 5.60 Å². The Bertz CT molecular complexity index is 1250. The molecule has 0 N–H and O–H groups in total. The van der Waals surface area contributed by atoms with E-state index in [9.17, 15) is 18.0 Å². The third-order valence-electron chi connectivity index (χ3n) is 6.03. The molecule has 0 saturated heterocycles. The summed E-state index contributed by atoms with van der Waals surface area (Å²) in [5, 5.41) is 0.592. The Morgan fingerprint density at radius 1 is 1.06 bits per heavy atom. The van der Waals surface area contributed by atoms with E-state index in [0.717, 1.165) is 7.11 Å². The standard InChI is InChI=1S/C25H23BrF3NO5/c1-23(2)20(26)19(17-18(32-3)15-12-8-9-13-16(15)30-21(17)35-23)34-22(31)24(33-4,25(27,28)29)14-10-6-5-7-11-14/h5-13,19-20H,1-4H3/t19-,20+,24+/m0/s1. The lowest BCUT2D eigenvalue weighted by Gasteiger charge is -2.42. The van der Waals surface area contributed by atoms with Crippen LogP contribution < -0.4 is 9.47 Å². The van der Waals surface area contributed by atoms with Crippen LogP contribution in [0.3, 0.4) is 0 Å². The fraction of sp³-hybridized carbons (Fsp3) is 0.360. The van der Waals surface area contributed by atoms with Gasteiger partial charge in [-0.25, -0.2) is 9.78 Å². The number of para-hydroxylation sites is 1. The molecule has 6 nitrogen and oxygen atoms in total. The molecule has 0 unspecified atom stereocenters. The number of carbonyl (C=O) groups excluding carboxylic acids is 1. The van der Waals surface area contributed by atoms with E-state index in [2.05, 4.69) is 20.9 Å². The number of alkyl halides is 4. The van der Waals surface area contributed by atoms with E-state index in [1.807, 2.05) is 0 Å². The average Bonchev–Trinajstić information content (AvgIpc) is 2.81. The monoisotopic (exact) mass is 553 g/mol. The van der Waals surface area contributed by atoms with Crippen molar-refractivity contribution in [3.63, 3.8) is 0 Å². The number of carbonyl (C=O) groups is 1. The maximum atomic E-state index is 14.5. The van der Waals surface area contributed by atoms with E-state index in [-0.39, 0.29) is 17.2 Å². The second-order valence-corrected chi connectivity index (χ2v) is 9.55. The highest BCUT2D eigenvalue weighted by Gasteiger charge is 2.65. The number of methoxy groups -OCH3 is 2. The molecular weight excluding hydrogens is 531 g/mol. The summed E-state index contributed by atoms with van der Waals surface area (Å²) in [7, 11) is 2.24. The van der Waals surface area contributed by atoms with Crippen LogP contribution in [0.25, 0.3) is 10.9 Å². The summed E-state index contributed by atoms with van der Waals surface area (Å²) in [6.45, 7) is 3.42. The van der Waals surface area contributed by atoms with Crippen molar-refractivity contribution in [1.82, 2.24) is 4.98 Å². The number of pyridine rings is 1. The molecule has 2 heterocycles. The third-order valence-corrected chi connectivity index (χ3v) is 7.61. The van der Waals surface area contributed by atoms with Gasteiger partial charge in [-0.15, -0.1) is 0 Å². The van der Waals surface area contributed by atoms with Gasteiger partial charge in [-0.05, 0) is 26.0 Å². The summed E-state index contributed by atoms with van der Waals surface area (Å²) in [5.74, 6) is -1.22. The van der Waals surface area contributed by atoms with Crippen LogP contribution >= 0.6 is 15.9 Å². The lowest BCUT2D eigenvalue weighted by Crippen LogP contribution is -2.54. The smallest absolute Gasteiger partial charge is 0.432 e. The minimum Gasteiger partial charge on any atom is -0.495 e. The summed E-state index contributed by atoms with van der Waals surface area (Å²) in [4.78, 5) is 17.2. The van der Waals surface area contributed by atoms with Crippen LogP contribution in [0.2, 0.25) is 0 Å². The molecule has 35 heavy (non-hydrogen) atoms. The molecule has 0 radical (unpaired) electrons. The number of fused-ring (bicyclic) bond motifs is 2. The number of hydrogen-bond acceptors (Lipinski definition) is 6. The minimum absolute atomic E-state index is 0.105. The molecule has 0 fully saturated rings. The average molecular weight is 554 g/mol. The molecule has 0 amide bonds. The van der Waals surface area contributed by atoms with Crippen molar-refractivity contribution in [3.8, 4) is 11.6 Å². The third kappa shape index (κ3) is 4.02. The first-order valence-electron chi connectivity index (χ1n) is 10.7. The fourth-order valence-electron chi connectivity index (χ4n) is 4.24. The molecule has 0 aliphatic carbocycles. The largest absolute Gasteiger partial charge is 0.495 e. The quantitative estimate of drug-likeness (QED) is 0.291. The minimum atomic E-state index is -5.11. The van der Waals surface area contributed by atoms with Crippen LogP contribution in [-0.4, -0.2) is 41.8 Å². The van der Waals surface area contributed by atoms with Gasteiger partial charge in [0.05, 0.1) is 23.0 Å². The van der Waals surface area contributed by atoms with Gasteiger partial charge >= 0.3 is 12.1 Å². The highest BCUT2D eigenvalue weighted by Crippen LogP contribution is 2.52. The highest BCUT2D eigenvalue weighted by molar-refractivity contribution is 9.09. The maximum Gasteiger partial charge on any atom is 0.432 e. The van der Waals surface area contributed by atoms with Gasteiger partial charge in [0.1, 0.15) is 11.4 Å². The first-order valence-corrected chi connectivity index (χ1v) is 11.6. The van der Waals surface area contributed by atoms with Gasteiger partial charge in [-0.2, -0.15) is 13.2 Å². The fourth-order valence-corrected chi connectivity index (χ4v) is 4.71. The van der Waals surface area contributed by atoms with Crippen LogP contribution in [0.4, 0.5) is 13.2 Å². The number of ether oxygens (including phenoxy) is 4. The number of hydrogen-bond donors (Lipinski definition) is 0. The van der Waals surface area contributed by atoms with Crippen LogP contribution in [0.5, 0.6) is 11.6 Å². The SMILES string of the molecule is COc1c2c(nc3ccccc13)OC(C)(C)[C@H](Br)[C@H]2OC(=O)[C@](OC)(c1ccccc1)C(F)(F)F. The molecule has 0 bridgehead atoms. The van der Waals surface area contributed by atoms with Crippen molar-refractivity contribution in [2.75, 3.05) is 14.2 Å². The van der Waals surface area contributed by atoms with Crippen LogP contribution in [-0.2, 0) is 19.9 Å². The topological polar surface area (TPSA) is 66.9 Å². The molecule has 4 rings (SSSR count). The van der Waals surface area contributed by atoms with Gasteiger partial charge in [0.15, 0.2) is 6.10 Å². The number of aromatic nitrogens is 1.